The van der Waals surface area contributed by atoms with Crippen LogP contribution in [0.1, 0.15) is 42.5 Å². The lowest BCUT2D eigenvalue weighted by Gasteiger charge is -2.44. The Morgan fingerprint density at radius 3 is 2.76 bits per heavy atom. The number of hydrogen-bond acceptors (Lipinski definition) is 5. The number of fused-ring (bicyclic) bond motifs is 1. The van der Waals surface area contributed by atoms with Gasteiger partial charge in [-0.3, -0.25) is 14.9 Å². The van der Waals surface area contributed by atoms with Gasteiger partial charge in [0.25, 0.3) is 11.6 Å². The fraction of sp³-hybridized carbons (Fsp3) is 0.632. The summed E-state index contributed by atoms with van der Waals surface area (Å²) in [5.41, 5.74) is -0.0956. The van der Waals surface area contributed by atoms with Crippen molar-refractivity contribution in [2.24, 2.45) is 5.92 Å². The number of rotatable bonds is 6. The van der Waals surface area contributed by atoms with Crippen molar-refractivity contribution in [1.82, 2.24) is 10.2 Å². The van der Waals surface area contributed by atoms with E-state index in [2.05, 4.69) is 10.2 Å². The summed E-state index contributed by atoms with van der Waals surface area (Å²) in [7, 11) is 0. The van der Waals surface area contributed by atoms with Gasteiger partial charge in [0.1, 0.15) is 0 Å². The van der Waals surface area contributed by atoms with E-state index in [-0.39, 0.29) is 11.3 Å². The van der Waals surface area contributed by atoms with Crippen LogP contribution in [-0.2, 0) is 4.74 Å². The number of nitro benzene ring substituents is 1. The fourth-order valence-corrected chi connectivity index (χ4v) is 4.53. The van der Waals surface area contributed by atoms with Gasteiger partial charge in [-0.2, -0.15) is 0 Å². The zero-order valence-electron chi connectivity index (χ0n) is 15.9. The van der Waals surface area contributed by atoms with Gasteiger partial charge in [-0.1, -0.05) is 47.3 Å². The molecule has 1 aromatic rings. The van der Waals surface area contributed by atoms with Crippen LogP contribution in [0.5, 0.6) is 0 Å². The summed E-state index contributed by atoms with van der Waals surface area (Å²) in [6.07, 6.45) is 4.52. The highest BCUT2D eigenvalue weighted by atomic mass is 35.6. The molecule has 2 aliphatic rings. The van der Waals surface area contributed by atoms with Crippen molar-refractivity contribution in [2.75, 3.05) is 19.7 Å². The first-order valence-corrected chi connectivity index (χ1v) is 10.9. The molecule has 2 saturated heterocycles. The molecule has 0 radical (unpaired) electrons. The number of nitrogens with zero attached hydrogens (tertiary/aromatic N) is 2. The van der Waals surface area contributed by atoms with E-state index < -0.39 is 20.9 Å². The van der Waals surface area contributed by atoms with Crippen LogP contribution < -0.4 is 5.32 Å². The van der Waals surface area contributed by atoms with Crippen LogP contribution in [0.25, 0.3) is 0 Å². The van der Waals surface area contributed by atoms with Gasteiger partial charge in [0.2, 0.25) is 3.79 Å². The molecule has 10 heteroatoms. The number of benzene rings is 1. The van der Waals surface area contributed by atoms with Crippen LogP contribution in [0.15, 0.2) is 24.3 Å². The molecule has 1 N–H and O–H groups in total. The molecule has 2 aliphatic heterocycles. The summed E-state index contributed by atoms with van der Waals surface area (Å²) in [6, 6.07) is 5.82. The van der Waals surface area contributed by atoms with Gasteiger partial charge >= 0.3 is 0 Å². The second-order valence-electron chi connectivity index (χ2n) is 7.54. The molecule has 29 heavy (non-hydrogen) atoms. The Morgan fingerprint density at radius 1 is 1.28 bits per heavy atom. The van der Waals surface area contributed by atoms with Gasteiger partial charge in [0, 0.05) is 23.7 Å². The van der Waals surface area contributed by atoms with Crippen molar-refractivity contribution in [2.45, 2.75) is 48.2 Å². The maximum atomic E-state index is 12.6. The molecule has 2 heterocycles. The highest BCUT2D eigenvalue weighted by molar-refractivity contribution is 6.68. The lowest BCUT2D eigenvalue weighted by molar-refractivity contribution is -0.384. The molecule has 2 fully saturated rings. The number of amides is 1. The standard InChI is InChI=1S/C19H24Cl3N3O4/c20-19(21,22)18(23-17(26)13-5-3-7-15(11-13)25(27)28)29-12-14-6-4-10-24-9-2-1-8-16(14)24/h3,5,7,11,14,16,18H,1-2,4,6,8-10,12H2,(H,23,26)/t14-,16-,18+/m1/s1. The van der Waals surface area contributed by atoms with E-state index in [1.165, 1.54) is 37.1 Å². The minimum Gasteiger partial charge on any atom is -0.354 e. The first-order chi connectivity index (χ1) is 13.8. The molecule has 0 bridgehead atoms. The Balaban J connectivity index is 1.65. The molecule has 1 amide bonds. The summed E-state index contributed by atoms with van der Waals surface area (Å²) in [4.78, 5) is 25.4. The average molecular weight is 465 g/mol. The lowest BCUT2D eigenvalue weighted by Crippen LogP contribution is -2.51. The summed E-state index contributed by atoms with van der Waals surface area (Å²) in [6.45, 7) is 2.59. The Labute approximate surface area is 184 Å². The Hall–Kier alpha value is -1.12. The minimum atomic E-state index is -1.88. The first-order valence-electron chi connectivity index (χ1n) is 9.73. The topological polar surface area (TPSA) is 84.7 Å². The van der Waals surface area contributed by atoms with Gasteiger partial charge < -0.3 is 15.0 Å². The summed E-state index contributed by atoms with van der Waals surface area (Å²) < 4.78 is 4.00. The maximum Gasteiger partial charge on any atom is 0.270 e. The third kappa shape index (κ3) is 5.95. The summed E-state index contributed by atoms with van der Waals surface area (Å²) in [5.74, 6) is -0.290. The van der Waals surface area contributed by atoms with Crippen molar-refractivity contribution < 1.29 is 14.5 Å². The molecular formula is C19H24Cl3N3O4. The third-order valence-electron chi connectivity index (χ3n) is 5.58. The molecule has 0 aliphatic carbocycles. The predicted molar refractivity (Wildman–Crippen MR) is 113 cm³/mol. The molecule has 0 aromatic heterocycles. The first kappa shape index (κ1) is 22.6. The number of carbonyl (C=O) groups is 1. The summed E-state index contributed by atoms with van der Waals surface area (Å²) in [5, 5.41) is 13.5. The highest BCUT2D eigenvalue weighted by Gasteiger charge is 2.38. The highest BCUT2D eigenvalue weighted by Crippen LogP contribution is 2.34. The number of halogens is 3. The maximum absolute atomic E-state index is 12.6. The fourth-order valence-electron chi connectivity index (χ4n) is 4.17. The van der Waals surface area contributed by atoms with Gasteiger partial charge in [0.15, 0.2) is 6.23 Å². The molecule has 0 saturated carbocycles. The Bertz CT molecular complexity index is 742. The molecule has 0 spiro atoms. The van der Waals surface area contributed by atoms with Crippen molar-refractivity contribution >= 4 is 46.4 Å². The van der Waals surface area contributed by atoms with Gasteiger partial charge in [-0.25, -0.2) is 0 Å². The quantitative estimate of drug-likeness (QED) is 0.294. The van der Waals surface area contributed by atoms with Crippen molar-refractivity contribution in [3.8, 4) is 0 Å². The van der Waals surface area contributed by atoms with E-state index >= 15 is 0 Å². The second-order valence-corrected chi connectivity index (χ2v) is 9.91. The van der Waals surface area contributed by atoms with Gasteiger partial charge in [-0.05, 0) is 50.8 Å². The smallest absolute Gasteiger partial charge is 0.270 e. The lowest BCUT2D eigenvalue weighted by atomic mass is 9.84. The van der Waals surface area contributed by atoms with E-state index in [4.69, 9.17) is 39.5 Å². The number of ether oxygens (including phenoxy) is 1. The van der Waals surface area contributed by atoms with Crippen LogP contribution in [0.2, 0.25) is 0 Å². The van der Waals surface area contributed by atoms with E-state index in [1.807, 2.05) is 0 Å². The molecule has 7 nitrogen and oxygen atoms in total. The predicted octanol–water partition coefficient (Wildman–Crippen LogP) is 4.30. The number of non-ortho nitro benzene ring substituents is 1. The van der Waals surface area contributed by atoms with Crippen LogP contribution >= 0.6 is 34.8 Å². The number of hydrogen-bond donors (Lipinski definition) is 1. The average Bonchev–Trinajstić information content (AvgIpc) is 2.70. The van der Waals surface area contributed by atoms with Crippen LogP contribution in [0, 0.1) is 16.0 Å². The molecular weight excluding hydrogens is 441 g/mol. The van der Waals surface area contributed by atoms with E-state index in [0.29, 0.717) is 18.6 Å². The van der Waals surface area contributed by atoms with Crippen LogP contribution in [0.3, 0.4) is 0 Å². The largest absolute Gasteiger partial charge is 0.354 e. The van der Waals surface area contributed by atoms with E-state index in [9.17, 15) is 14.9 Å². The summed E-state index contributed by atoms with van der Waals surface area (Å²) >= 11 is 18.1. The number of nitrogens with one attached hydrogen (secondary N) is 1. The number of nitro groups is 1. The minimum absolute atomic E-state index is 0.0955. The Kier molecular flexibility index (Phi) is 7.62. The zero-order valence-corrected chi connectivity index (χ0v) is 18.1. The number of alkyl halides is 3. The van der Waals surface area contributed by atoms with Gasteiger partial charge in [0.05, 0.1) is 11.5 Å². The second kappa shape index (κ2) is 9.79. The molecule has 3 rings (SSSR count). The van der Waals surface area contributed by atoms with Crippen LogP contribution in [-0.4, -0.2) is 51.5 Å². The van der Waals surface area contributed by atoms with E-state index in [0.717, 1.165) is 32.4 Å². The van der Waals surface area contributed by atoms with Gasteiger partial charge in [-0.15, -0.1) is 0 Å². The third-order valence-corrected chi connectivity index (χ3v) is 6.18. The molecule has 0 unspecified atom stereocenters. The molecule has 160 valence electrons. The van der Waals surface area contributed by atoms with Crippen LogP contribution in [0.4, 0.5) is 5.69 Å². The van der Waals surface area contributed by atoms with E-state index in [1.54, 1.807) is 0 Å². The Morgan fingerprint density at radius 2 is 2.03 bits per heavy atom. The number of carbonyl (C=O) groups excluding carboxylic acids is 1. The monoisotopic (exact) mass is 463 g/mol. The van der Waals surface area contributed by atoms with Crippen molar-refractivity contribution in [3.63, 3.8) is 0 Å². The zero-order chi connectivity index (χ0) is 21.0. The van der Waals surface area contributed by atoms with Crippen molar-refractivity contribution in [3.05, 3.63) is 39.9 Å². The molecule has 1 aromatic carbocycles. The SMILES string of the molecule is O=C(N[C@@H](OC[C@H]1CCCN2CCCC[C@H]12)C(Cl)(Cl)Cl)c1cccc([N+](=O)[O-])c1. The van der Waals surface area contributed by atoms with Crippen molar-refractivity contribution in [1.29, 1.82) is 0 Å². The normalized spacial score (nSPS) is 23.8. The number of piperidine rings is 2. The molecule has 3 atom stereocenters.